The highest BCUT2D eigenvalue weighted by Gasteiger charge is 2.07. The molecule has 0 saturated heterocycles. The predicted molar refractivity (Wildman–Crippen MR) is 116 cm³/mol. The van der Waals surface area contributed by atoms with Crippen molar-refractivity contribution < 1.29 is 4.42 Å². The van der Waals surface area contributed by atoms with Crippen molar-refractivity contribution in [2.45, 2.75) is 13.1 Å². The molecule has 0 aliphatic carbocycles. The van der Waals surface area contributed by atoms with Crippen molar-refractivity contribution in [1.82, 2.24) is 15.6 Å². The zero-order valence-electron chi connectivity index (χ0n) is 14.3. The summed E-state index contributed by atoms with van der Waals surface area (Å²) in [4.78, 5) is 8.70. The van der Waals surface area contributed by atoms with E-state index in [0.717, 1.165) is 21.8 Å². The van der Waals surface area contributed by atoms with Crippen LogP contribution in [0, 0.1) is 0 Å². The maximum Gasteiger partial charge on any atom is 0.226 e. The Balaban J connectivity index is 0.00000243. The fourth-order valence-electron chi connectivity index (χ4n) is 2.33. The Labute approximate surface area is 174 Å². The molecule has 0 spiro atoms. The first-order chi connectivity index (χ1) is 12.2. The summed E-state index contributed by atoms with van der Waals surface area (Å²) in [5, 5.41) is 7.18. The normalized spacial score (nSPS) is 10.9. The topological polar surface area (TPSA) is 62.5 Å². The molecule has 0 atom stereocenters. The highest BCUT2D eigenvalue weighted by molar-refractivity contribution is 14.0. The summed E-state index contributed by atoms with van der Waals surface area (Å²) >= 11 is 6.00. The van der Waals surface area contributed by atoms with Gasteiger partial charge in [-0.15, -0.1) is 24.0 Å². The van der Waals surface area contributed by atoms with Crippen LogP contribution in [-0.4, -0.2) is 18.0 Å². The number of hydrogen-bond acceptors (Lipinski definition) is 3. The maximum atomic E-state index is 6.00. The molecule has 3 aromatic rings. The van der Waals surface area contributed by atoms with Crippen LogP contribution in [0.5, 0.6) is 0 Å². The van der Waals surface area contributed by atoms with Crippen molar-refractivity contribution in [3.05, 3.63) is 77.1 Å². The van der Waals surface area contributed by atoms with E-state index in [0.29, 0.717) is 24.9 Å². The van der Waals surface area contributed by atoms with Crippen molar-refractivity contribution in [3.8, 4) is 11.5 Å². The number of aliphatic imine (C=N–C) groups is 1. The summed E-state index contributed by atoms with van der Waals surface area (Å²) in [5.41, 5.74) is 2.85. The molecular weight excluding hydrogens is 463 g/mol. The van der Waals surface area contributed by atoms with Crippen LogP contribution < -0.4 is 10.6 Å². The molecule has 3 rings (SSSR count). The molecule has 0 saturated carbocycles. The SMILES string of the molecule is CN=C(NCc1cccc(Cl)c1)NCc1coc(-c2ccccc2)n1.I. The van der Waals surface area contributed by atoms with Gasteiger partial charge < -0.3 is 15.1 Å². The van der Waals surface area contributed by atoms with E-state index in [1.54, 1.807) is 13.3 Å². The van der Waals surface area contributed by atoms with Crippen LogP contribution in [0.25, 0.3) is 11.5 Å². The van der Waals surface area contributed by atoms with Crippen molar-refractivity contribution >= 4 is 41.5 Å². The molecule has 1 heterocycles. The standard InChI is InChI=1S/C19H19ClN4O.HI/c1-21-19(22-11-14-6-5-9-16(20)10-14)23-12-17-13-25-18(24-17)15-7-3-2-4-8-15;/h2-10,13H,11-12H2,1H3,(H2,21,22,23);1H. The van der Waals surface area contributed by atoms with Crippen LogP contribution in [0.1, 0.15) is 11.3 Å². The number of hydrogen-bond donors (Lipinski definition) is 2. The van der Waals surface area contributed by atoms with Crippen molar-refractivity contribution in [3.63, 3.8) is 0 Å². The second kappa shape index (κ2) is 10.2. The van der Waals surface area contributed by atoms with Crippen molar-refractivity contribution in [2.24, 2.45) is 4.99 Å². The smallest absolute Gasteiger partial charge is 0.226 e. The second-order valence-electron chi connectivity index (χ2n) is 5.42. The molecule has 0 unspecified atom stereocenters. The molecule has 2 aromatic carbocycles. The minimum atomic E-state index is 0. The van der Waals surface area contributed by atoms with E-state index in [9.17, 15) is 0 Å². The van der Waals surface area contributed by atoms with Crippen LogP contribution in [0.3, 0.4) is 0 Å². The van der Waals surface area contributed by atoms with E-state index in [1.165, 1.54) is 0 Å². The molecule has 1 aromatic heterocycles. The summed E-state index contributed by atoms with van der Waals surface area (Å²) in [7, 11) is 1.73. The van der Waals surface area contributed by atoms with Gasteiger partial charge in [-0.25, -0.2) is 4.98 Å². The van der Waals surface area contributed by atoms with Crippen molar-refractivity contribution in [1.29, 1.82) is 0 Å². The Morgan fingerprint density at radius 1 is 1.08 bits per heavy atom. The first-order valence-electron chi connectivity index (χ1n) is 7.93. The van der Waals surface area contributed by atoms with E-state index in [2.05, 4.69) is 20.6 Å². The molecule has 7 heteroatoms. The zero-order valence-corrected chi connectivity index (χ0v) is 17.4. The van der Waals surface area contributed by atoms with Gasteiger partial charge in [0.05, 0.1) is 12.2 Å². The largest absolute Gasteiger partial charge is 0.444 e. The lowest BCUT2D eigenvalue weighted by atomic mass is 10.2. The van der Waals surface area contributed by atoms with Gasteiger partial charge >= 0.3 is 0 Å². The molecular formula is C19H20ClIN4O. The van der Waals surface area contributed by atoms with E-state index in [-0.39, 0.29) is 24.0 Å². The molecule has 26 heavy (non-hydrogen) atoms. The lowest BCUT2D eigenvalue weighted by Crippen LogP contribution is -2.36. The summed E-state index contributed by atoms with van der Waals surface area (Å²) in [6, 6.07) is 17.5. The number of oxazole rings is 1. The third kappa shape index (κ3) is 5.74. The van der Waals surface area contributed by atoms with Gasteiger partial charge in [0.15, 0.2) is 5.96 Å². The quantitative estimate of drug-likeness (QED) is 0.320. The third-order valence-corrected chi connectivity index (χ3v) is 3.82. The average Bonchev–Trinajstić information content (AvgIpc) is 3.12. The Hall–Kier alpha value is -2.06. The molecule has 0 bridgehead atoms. The molecule has 0 aliphatic heterocycles. The van der Waals surface area contributed by atoms with E-state index >= 15 is 0 Å². The van der Waals surface area contributed by atoms with Gasteiger partial charge in [0.1, 0.15) is 6.26 Å². The average molecular weight is 483 g/mol. The molecule has 0 radical (unpaired) electrons. The first kappa shape index (κ1) is 20.3. The summed E-state index contributed by atoms with van der Waals surface area (Å²) in [6.45, 7) is 1.15. The number of aromatic nitrogens is 1. The third-order valence-electron chi connectivity index (χ3n) is 3.58. The fraction of sp³-hybridized carbons (Fsp3) is 0.158. The maximum absolute atomic E-state index is 6.00. The Morgan fingerprint density at radius 2 is 1.85 bits per heavy atom. The Bertz CT molecular complexity index is 852. The highest BCUT2D eigenvalue weighted by atomic mass is 127. The van der Waals surface area contributed by atoms with Gasteiger partial charge in [0, 0.05) is 24.2 Å². The van der Waals surface area contributed by atoms with Crippen LogP contribution in [-0.2, 0) is 13.1 Å². The highest BCUT2D eigenvalue weighted by Crippen LogP contribution is 2.17. The Kier molecular flexibility index (Phi) is 7.93. The number of nitrogens with one attached hydrogen (secondary N) is 2. The summed E-state index contributed by atoms with van der Waals surface area (Å²) in [6.07, 6.45) is 1.65. The number of guanidine groups is 1. The van der Waals surface area contributed by atoms with Gasteiger partial charge in [0.2, 0.25) is 5.89 Å². The molecule has 5 nitrogen and oxygen atoms in total. The zero-order chi connectivity index (χ0) is 17.5. The minimum Gasteiger partial charge on any atom is -0.444 e. The van der Waals surface area contributed by atoms with Gasteiger partial charge in [-0.2, -0.15) is 0 Å². The van der Waals surface area contributed by atoms with Crippen LogP contribution in [0.2, 0.25) is 5.02 Å². The minimum absolute atomic E-state index is 0. The van der Waals surface area contributed by atoms with Gasteiger partial charge in [-0.1, -0.05) is 41.9 Å². The van der Waals surface area contributed by atoms with Crippen LogP contribution in [0.4, 0.5) is 0 Å². The molecule has 0 amide bonds. The van der Waals surface area contributed by atoms with E-state index < -0.39 is 0 Å². The first-order valence-corrected chi connectivity index (χ1v) is 8.31. The lowest BCUT2D eigenvalue weighted by molar-refractivity contribution is 0.572. The molecule has 0 aliphatic rings. The van der Waals surface area contributed by atoms with Gasteiger partial charge in [-0.05, 0) is 29.8 Å². The van der Waals surface area contributed by atoms with Crippen LogP contribution in [0.15, 0.2) is 70.3 Å². The number of halogens is 2. The van der Waals surface area contributed by atoms with Gasteiger partial charge in [-0.3, -0.25) is 4.99 Å². The summed E-state index contributed by atoms with van der Waals surface area (Å²) in [5.74, 6) is 1.29. The fourth-order valence-corrected chi connectivity index (χ4v) is 2.54. The molecule has 136 valence electrons. The van der Waals surface area contributed by atoms with Crippen molar-refractivity contribution in [2.75, 3.05) is 7.05 Å². The number of nitrogens with zero attached hydrogens (tertiary/aromatic N) is 2. The number of rotatable bonds is 5. The van der Waals surface area contributed by atoms with Crippen LogP contribution >= 0.6 is 35.6 Å². The monoisotopic (exact) mass is 482 g/mol. The molecule has 2 N–H and O–H groups in total. The lowest BCUT2D eigenvalue weighted by Gasteiger charge is -2.11. The molecule has 0 fully saturated rings. The van der Waals surface area contributed by atoms with Gasteiger partial charge in [0.25, 0.3) is 0 Å². The van der Waals surface area contributed by atoms with E-state index in [4.69, 9.17) is 16.0 Å². The van der Waals surface area contributed by atoms with E-state index in [1.807, 2.05) is 54.6 Å². The number of benzene rings is 2. The summed E-state index contributed by atoms with van der Waals surface area (Å²) < 4.78 is 5.53. The predicted octanol–water partition coefficient (Wildman–Crippen LogP) is 4.48. The second-order valence-corrected chi connectivity index (χ2v) is 5.86. The Morgan fingerprint density at radius 3 is 2.58 bits per heavy atom.